The minimum Gasteiger partial charge on any atom is -0.497 e. The van der Waals surface area contributed by atoms with E-state index in [1.807, 2.05) is 45.3 Å². The Morgan fingerprint density at radius 3 is 2.44 bits per heavy atom. The topological polar surface area (TPSA) is 59.8 Å². The van der Waals surface area contributed by atoms with E-state index in [0.29, 0.717) is 25.4 Å². The van der Waals surface area contributed by atoms with Gasteiger partial charge in [-0.25, -0.2) is 4.79 Å². The van der Waals surface area contributed by atoms with Gasteiger partial charge in [0.2, 0.25) is 0 Å². The summed E-state index contributed by atoms with van der Waals surface area (Å²) in [5, 5.41) is 4.20. The number of anilines is 1. The van der Waals surface area contributed by atoms with E-state index in [4.69, 9.17) is 9.47 Å². The first-order valence-electron chi connectivity index (χ1n) is 8.30. The Morgan fingerprint density at radius 2 is 1.92 bits per heavy atom. The molecule has 0 aliphatic heterocycles. The Morgan fingerprint density at radius 1 is 1.20 bits per heavy atom. The van der Waals surface area contributed by atoms with Crippen LogP contribution < -0.4 is 14.4 Å². The third-order valence-electron chi connectivity index (χ3n) is 4.08. The predicted molar refractivity (Wildman–Crippen MR) is 97.3 cm³/mol. The monoisotopic (exact) mass is 346 g/mol. The van der Waals surface area contributed by atoms with Gasteiger partial charge in [-0.05, 0) is 32.0 Å². The van der Waals surface area contributed by atoms with Crippen LogP contribution in [-0.4, -0.2) is 48.0 Å². The van der Waals surface area contributed by atoms with E-state index in [1.165, 1.54) is 0 Å². The summed E-state index contributed by atoms with van der Waals surface area (Å²) < 4.78 is 12.4. The van der Waals surface area contributed by atoms with Crippen LogP contribution in [0.25, 0.3) is 0 Å². The van der Waals surface area contributed by atoms with Gasteiger partial charge in [0.1, 0.15) is 11.5 Å². The summed E-state index contributed by atoms with van der Waals surface area (Å²) in [7, 11) is 5.06. The summed E-state index contributed by atoms with van der Waals surface area (Å²) in [6, 6.07) is 5.50. The second kappa shape index (κ2) is 8.41. The number of nitrogens with zero attached hydrogens (tertiary/aromatic N) is 4. The zero-order valence-electron chi connectivity index (χ0n) is 15.5. The first-order chi connectivity index (χ1) is 12.0. The normalized spacial score (nSPS) is 10.4. The van der Waals surface area contributed by atoms with Crippen LogP contribution in [0.1, 0.15) is 19.4 Å². The van der Waals surface area contributed by atoms with Gasteiger partial charge in [0.05, 0.1) is 32.6 Å². The number of rotatable bonds is 7. The van der Waals surface area contributed by atoms with Crippen molar-refractivity contribution in [1.82, 2.24) is 14.7 Å². The van der Waals surface area contributed by atoms with E-state index in [0.717, 1.165) is 17.0 Å². The molecule has 2 amide bonds. The number of methoxy groups -OCH3 is 2. The molecule has 0 unspecified atom stereocenters. The number of urea groups is 1. The van der Waals surface area contributed by atoms with Gasteiger partial charge in [0, 0.05) is 31.9 Å². The first-order valence-corrected chi connectivity index (χ1v) is 8.30. The molecule has 0 atom stereocenters. The van der Waals surface area contributed by atoms with Crippen molar-refractivity contribution in [2.75, 3.05) is 32.2 Å². The SMILES string of the molecule is CCN(CC)C(=O)N(Cc1cc(OC)ccc1OC)c1cnn(C)c1. The molecule has 25 heavy (non-hydrogen) atoms. The summed E-state index contributed by atoms with van der Waals surface area (Å²) in [6.07, 6.45) is 3.52. The van der Waals surface area contributed by atoms with Crippen molar-refractivity contribution in [3.05, 3.63) is 36.2 Å². The van der Waals surface area contributed by atoms with Crippen molar-refractivity contribution in [3.63, 3.8) is 0 Å². The number of hydrogen-bond acceptors (Lipinski definition) is 4. The van der Waals surface area contributed by atoms with E-state index < -0.39 is 0 Å². The van der Waals surface area contributed by atoms with Crippen molar-refractivity contribution in [3.8, 4) is 11.5 Å². The first kappa shape index (κ1) is 18.6. The van der Waals surface area contributed by atoms with Gasteiger partial charge in [-0.2, -0.15) is 5.10 Å². The van der Waals surface area contributed by atoms with Gasteiger partial charge in [-0.3, -0.25) is 9.58 Å². The fraction of sp³-hybridized carbons (Fsp3) is 0.444. The number of aryl methyl sites for hydroxylation is 1. The Hall–Kier alpha value is -2.70. The molecule has 0 N–H and O–H groups in total. The molecule has 7 heteroatoms. The molecule has 2 aromatic rings. The Kier molecular flexibility index (Phi) is 6.27. The van der Waals surface area contributed by atoms with Gasteiger partial charge < -0.3 is 14.4 Å². The molecule has 136 valence electrons. The second-order valence-corrected chi connectivity index (χ2v) is 5.59. The summed E-state index contributed by atoms with van der Waals surface area (Å²) in [5.41, 5.74) is 1.61. The Labute approximate surface area is 148 Å². The summed E-state index contributed by atoms with van der Waals surface area (Å²) in [4.78, 5) is 16.5. The molecule has 7 nitrogen and oxygen atoms in total. The molecule has 0 aliphatic carbocycles. The van der Waals surface area contributed by atoms with Gasteiger partial charge in [-0.1, -0.05) is 0 Å². The number of ether oxygens (including phenoxy) is 2. The van der Waals surface area contributed by atoms with Gasteiger partial charge in [0.25, 0.3) is 0 Å². The lowest BCUT2D eigenvalue weighted by molar-refractivity contribution is 0.209. The highest BCUT2D eigenvalue weighted by Crippen LogP contribution is 2.27. The minimum atomic E-state index is -0.0668. The van der Waals surface area contributed by atoms with Crippen molar-refractivity contribution < 1.29 is 14.3 Å². The molecular formula is C18H26N4O3. The van der Waals surface area contributed by atoms with Crippen LogP contribution in [-0.2, 0) is 13.6 Å². The maximum Gasteiger partial charge on any atom is 0.324 e. The van der Waals surface area contributed by atoms with Gasteiger partial charge in [-0.15, -0.1) is 0 Å². The lowest BCUT2D eigenvalue weighted by Crippen LogP contribution is -2.42. The van der Waals surface area contributed by atoms with Crippen LogP contribution in [0.15, 0.2) is 30.6 Å². The molecule has 0 aliphatic rings. The number of carbonyl (C=O) groups excluding carboxylic acids is 1. The zero-order valence-corrected chi connectivity index (χ0v) is 15.5. The fourth-order valence-electron chi connectivity index (χ4n) is 2.66. The van der Waals surface area contributed by atoms with Crippen LogP contribution in [0.2, 0.25) is 0 Å². The third-order valence-corrected chi connectivity index (χ3v) is 4.08. The number of benzene rings is 1. The molecule has 0 saturated heterocycles. The molecular weight excluding hydrogens is 320 g/mol. The fourth-order valence-corrected chi connectivity index (χ4v) is 2.66. The average molecular weight is 346 g/mol. The van der Waals surface area contributed by atoms with E-state index in [1.54, 1.807) is 34.9 Å². The van der Waals surface area contributed by atoms with E-state index in [9.17, 15) is 4.79 Å². The predicted octanol–water partition coefficient (Wildman–Crippen LogP) is 2.91. The van der Waals surface area contributed by atoms with Crippen molar-refractivity contribution in [2.45, 2.75) is 20.4 Å². The van der Waals surface area contributed by atoms with Crippen molar-refractivity contribution >= 4 is 11.7 Å². The standard InChI is InChI=1S/C18H26N4O3/c1-6-21(7-2)18(23)22(15-11-19-20(3)13-15)12-14-10-16(24-4)8-9-17(14)25-5/h8-11,13H,6-7,12H2,1-5H3. The largest absolute Gasteiger partial charge is 0.497 e. The molecule has 0 fully saturated rings. The molecule has 0 radical (unpaired) electrons. The molecule has 1 aromatic heterocycles. The zero-order chi connectivity index (χ0) is 18.4. The van der Waals surface area contributed by atoms with Crippen molar-refractivity contribution in [2.24, 2.45) is 7.05 Å². The van der Waals surface area contributed by atoms with Crippen molar-refractivity contribution in [1.29, 1.82) is 0 Å². The Balaban J connectivity index is 2.41. The Bertz CT molecular complexity index is 710. The van der Waals surface area contributed by atoms with Crippen LogP contribution in [0, 0.1) is 0 Å². The third kappa shape index (κ3) is 4.23. The van der Waals surface area contributed by atoms with E-state index >= 15 is 0 Å². The van der Waals surface area contributed by atoms with Crippen LogP contribution >= 0.6 is 0 Å². The molecule has 1 heterocycles. The molecule has 2 rings (SSSR count). The number of amides is 2. The lowest BCUT2D eigenvalue weighted by Gasteiger charge is -2.29. The lowest BCUT2D eigenvalue weighted by atomic mass is 10.1. The second-order valence-electron chi connectivity index (χ2n) is 5.59. The maximum atomic E-state index is 13.0. The van der Waals surface area contributed by atoms with Crippen LogP contribution in [0.5, 0.6) is 11.5 Å². The van der Waals surface area contributed by atoms with E-state index in [-0.39, 0.29) is 6.03 Å². The minimum absolute atomic E-state index is 0.0668. The van der Waals surface area contributed by atoms with Crippen LogP contribution in [0.4, 0.5) is 10.5 Å². The molecule has 0 spiro atoms. The maximum absolute atomic E-state index is 13.0. The van der Waals surface area contributed by atoms with Gasteiger partial charge >= 0.3 is 6.03 Å². The smallest absolute Gasteiger partial charge is 0.324 e. The molecule has 0 bridgehead atoms. The highest BCUT2D eigenvalue weighted by atomic mass is 16.5. The molecule has 0 saturated carbocycles. The quantitative estimate of drug-likeness (QED) is 0.773. The molecule has 1 aromatic carbocycles. The highest BCUT2D eigenvalue weighted by molar-refractivity contribution is 5.91. The average Bonchev–Trinajstić information content (AvgIpc) is 3.06. The number of carbonyl (C=O) groups is 1. The summed E-state index contributed by atoms with van der Waals surface area (Å²) in [6.45, 7) is 5.58. The highest BCUT2D eigenvalue weighted by Gasteiger charge is 2.23. The van der Waals surface area contributed by atoms with Gasteiger partial charge in [0.15, 0.2) is 0 Å². The van der Waals surface area contributed by atoms with Crippen LogP contribution in [0.3, 0.4) is 0 Å². The van der Waals surface area contributed by atoms with E-state index in [2.05, 4.69) is 5.10 Å². The number of aromatic nitrogens is 2. The summed E-state index contributed by atoms with van der Waals surface area (Å²) in [5.74, 6) is 1.43. The summed E-state index contributed by atoms with van der Waals surface area (Å²) >= 11 is 0. The number of hydrogen-bond donors (Lipinski definition) is 0.